The van der Waals surface area contributed by atoms with Gasteiger partial charge in [0.25, 0.3) is 0 Å². The maximum absolute atomic E-state index is 11.2. The SMILES string of the molecule is COC(=O)Cc1csc(Nc2ccc3ncsc3c2)n1. The third-order valence-corrected chi connectivity index (χ3v) is 4.29. The quantitative estimate of drug-likeness (QED) is 0.750. The van der Waals surface area contributed by atoms with Gasteiger partial charge in [-0.2, -0.15) is 0 Å². The van der Waals surface area contributed by atoms with Crippen LogP contribution in [-0.4, -0.2) is 23.0 Å². The number of hydrogen-bond donors (Lipinski definition) is 1. The number of hydrogen-bond acceptors (Lipinski definition) is 7. The van der Waals surface area contributed by atoms with Crippen molar-refractivity contribution in [2.75, 3.05) is 12.4 Å². The third kappa shape index (κ3) is 2.78. The van der Waals surface area contributed by atoms with E-state index in [0.717, 1.165) is 21.0 Å². The zero-order chi connectivity index (χ0) is 13.9. The normalized spacial score (nSPS) is 10.7. The van der Waals surface area contributed by atoms with Gasteiger partial charge in [-0.25, -0.2) is 9.97 Å². The second-order valence-electron chi connectivity index (χ2n) is 4.06. The summed E-state index contributed by atoms with van der Waals surface area (Å²) < 4.78 is 5.75. The summed E-state index contributed by atoms with van der Waals surface area (Å²) in [5.41, 5.74) is 4.49. The monoisotopic (exact) mass is 305 g/mol. The molecule has 0 saturated carbocycles. The Bertz CT molecular complexity index is 751. The number of nitrogens with zero attached hydrogens (tertiary/aromatic N) is 2. The fraction of sp³-hybridized carbons (Fsp3) is 0.154. The number of esters is 1. The number of fused-ring (bicyclic) bond motifs is 1. The molecule has 5 nitrogen and oxygen atoms in total. The minimum Gasteiger partial charge on any atom is -0.469 e. The van der Waals surface area contributed by atoms with Crippen LogP contribution in [0.25, 0.3) is 10.2 Å². The van der Waals surface area contributed by atoms with Crippen LogP contribution in [0.5, 0.6) is 0 Å². The highest BCUT2D eigenvalue weighted by Gasteiger charge is 2.08. The lowest BCUT2D eigenvalue weighted by molar-refractivity contribution is -0.139. The number of rotatable bonds is 4. The van der Waals surface area contributed by atoms with Crippen molar-refractivity contribution >= 4 is 49.7 Å². The second-order valence-corrected chi connectivity index (χ2v) is 5.80. The van der Waals surface area contributed by atoms with Crippen molar-refractivity contribution in [2.24, 2.45) is 0 Å². The molecule has 1 N–H and O–H groups in total. The Morgan fingerprint density at radius 1 is 1.40 bits per heavy atom. The van der Waals surface area contributed by atoms with E-state index in [4.69, 9.17) is 0 Å². The van der Waals surface area contributed by atoms with Crippen LogP contribution in [0.1, 0.15) is 5.69 Å². The van der Waals surface area contributed by atoms with E-state index >= 15 is 0 Å². The first-order chi connectivity index (χ1) is 9.74. The molecule has 1 aromatic carbocycles. The van der Waals surface area contributed by atoms with Gasteiger partial charge < -0.3 is 10.1 Å². The van der Waals surface area contributed by atoms with Crippen molar-refractivity contribution < 1.29 is 9.53 Å². The van der Waals surface area contributed by atoms with Gasteiger partial charge in [0.05, 0.1) is 35.0 Å². The number of aromatic nitrogens is 2. The van der Waals surface area contributed by atoms with E-state index in [-0.39, 0.29) is 12.4 Å². The van der Waals surface area contributed by atoms with Crippen LogP contribution in [0.3, 0.4) is 0 Å². The lowest BCUT2D eigenvalue weighted by Crippen LogP contribution is -2.04. The highest BCUT2D eigenvalue weighted by atomic mass is 32.1. The predicted octanol–water partition coefficient (Wildman–Crippen LogP) is 3.21. The molecule has 102 valence electrons. The summed E-state index contributed by atoms with van der Waals surface area (Å²) in [4.78, 5) is 19.8. The van der Waals surface area contributed by atoms with Crippen LogP contribution < -0.4 is 5.32 Å². The van der Waals surface area contributed by atoms with Crippen LogP contribution in [0.15, 0.2) is 29.1 Å². The Kier molecular flexibility index (Phi) is 3.62. The van der Waals surface area contributed by atoms with Gasteiger partial charge in [0.1, 0.15) is 0 Å². The van der Waals surface area contributed by atoms with Crippen LogP contribution in [0.4, 0.5) is 10.8 Å². The van der Waals surface area contributed by atoms with E-state index < -0.39 is 0 Å². The van der Waals surface area contributed by atoms with E-state index in [0.29, 0.717) is 5.69 Å². The van der Waals surface area contributed by atoms with Gasteiger partial charge in [-0.15, -0.1) is 22.7 Å². The molecular formula is C13H11N3O2S2. The second kappa shape index (κ2) is 5.56. The Hall–Kier alpha value is -1.99. The van der Waals surface area contributed by atoms with Crippen molar-refractivity contribution in [3.63, 3.8) is 0 Å². The van der Waals surface area contributed by atoms with Gasteiger partial charge in [0.2, 0.25) is 0 Å². The smallest absolute Gasteiger partial charge is 0.311 e. The molecule has 7 heteroatoms. The molecule has 0 fully saturated rings. The molecule has 3 aromatic rings. The topological polar surface area (TPSA) is 64.1 Å². The summed E-state index contributed by atoms with van der Waals surface area (Å²) >= 11 is 3.06. The Morgan fingerprint density at radius 2 is 2.30 bits per heavy atom. The summed E-state index contributed by atoms with van der Waals surface area (Å²) in [7, 11) is 1.37. The number of methoxy groups -OCH3 is 1. The molecule has 0 unspecified atom stereocenters. The average molecular weight is 305 g/mol. The van der Waals surface area contributed by atoms with Crippen molar-refractivity contribution in [1.82, 2.24) is 9.97 Å². The van der Waals surface area contributed by atoms with Crippen LogP contribution in [0.2, 0.25) is 0 Å². The number of thiazole rings is 2. The summed E-state index contributed by atoms with van der Waals surface area (Å²) in [6.45, 7) is 0. The van der Waals surface area contributed by atoms with Gasteiger partial charge >= 0.3 is 5.97 Å². The van der Waals surface area contributed by atoms with Crippen LogP contribution >= 0.6 is 22.7 Å². The van der Waals surface area contributed by atoms with Gasteiger partial charge in [-0.3, -0.25) is 4.79 Å². The maximum atomic E-state index is 11.2. The molecule has 0 aliphatic carbocycles. The van der Waals surface area contributed by atoms with Crippen molar-refractivity contribution in [3.8, 4) is 0 Å². The zero-order valence-electron chi connectivity index (χ0n) is 10.6. The van der Waals surface area contributed by atoms with Crippen LogP contribution in [0, 0.1) is 0 Å². The number of carbonyl (C=O) groups is 1. The Labute approximate surface area is 123 Å². The minimum atomic E-state index is -0.284. The number of benzene rings is 1. The molecule has 0 radical (unpaired) electrons. The standard InChI is InChI=1S/C13H11N3O2S2/c1-18-12(17)5-9-6-19-13(16-9)15-8-2-3-10-11(4-8)20-7-14-10/h2-4,6-7H,5H2,1H3,(H,15,16). The van der Waals surface area contributed by atoms with Crippen LogP contribution in [-0.2, 0) is 16.0 Å². The number of carbonyl (C=O) groups excluding carboxylic acids is 1. The van der Waals surface area contributed by atoms with Crippen molar-refractivity contribution in [3.05, 3.63) is 34.8 Å². The minimum absolute atomic E-state index is 0.197. The van der Waals surface area contributed by atoms with Gasteiger partial charge in [-0.05, 0) is 18.2 Å². The molecule has 0 spiro atoms. The highest BCUT2D eigenvalue weighted by Crippen LogP contribution is 2.26. The van der Waals surface area contributed by atoms with Crippen molar-refractivity contribution in [2.45, 2.75) is 6.42 Å². The number of anilines is 2. The molecule has 0 atom stereocenters. The molecule has 0 aliphatic rings. The third-order valence-electron chi connectivity index (χ3n) is 2.69. The molecule has 0 aliphatic heterocycles. The van der Waals surface area contributed by atoms with E-state index in [1.54, 1.807) is 11.3 Å². The van der Waals surface area contributed by atoms with Gasteiger partial charge in [0, 0.05) is 11.1 Å². The fourth-order valence-electron chi connectivity index (χ4n) is 1.72. The van der Waals surface area contributed by atoms with Gasteiger partial charge in [-0.1, -0.05) is 0 Å². The first-order valence-electron chi connectivity index (χ1n) is 5.86. The maximum Gasteiger partial charge on any atom is 0.311 e. The Balaban J connectivity index is 1.75. The lowest BCUT2D eigenvalue weighted by Gasteiger charge is -2.01. The average Bonchev–Trinajstić information content (AvgIpc) is 3.07. The van der Waals surface area contributed by atoms with E-state index in [1.165, 1.54) is 18.4 Å². The highest BCUT2D eigenvalue weighted by molar-refractivity contribution is 7.16. The van der Waals surface area contributed by atoms with Gasteiger partial charge in [0.15, 0.2) is 5.13 Å². The summed E-state index contributed by atoms with van der Waals surface area (Å²) in [5, 5.41) is 5.84. The largest absolute Gasteiger partial charge is 0.469 e. The van der Waals surface area contributed by atoms with E-state index in [9.17, 15) is 4.79 Å². The molecule has 20 heavy (non-hydrogen) atoms. The van der Waals surface area contributed by atoms with E-state index in [1.807, 2.05) is 29.1 Å². The van der Waals surface area contributed by atoms with Crippen molar-refractivity contribution in [1.29, 1.82) is 0 Å². The number of nitrogens with one attached hydrogen (secondary N) is 1. The molecule has 2 heterocycles. The lowest BCUT2D eigenvalue weighted by atomic mass is 10.3. The molecule has 3 rings (SSSR count). The number of ether oxygens (including phenoxy) is 1. The molecular weight excluding hydrogens is 294 g/mol. The summed E-state index contributed by atoms with van der Waals surface area (Å²) in [6.07, 6.45) is 0.197. The fourth-order valence-corrected chi connectivity index (χ4v) is 3.17. The first kappa shape index (κ1) is 13.0. The zero-order valence-corrected chi connectivity index (χ0v) is 12.3. The summed E-state index contributed by atoms with van der Waals surface area (Å²) in [6, 6.07) is 5.97. The molecule has 0 amide bonds. The predicted molar refractivity (Wildman–Crippen MR) is 80.7 cm³/mol. The Morgan fingerprint density at radius 3 is 3.15 bits per heavy atom. The first-order valence-corrected chi connectivity index (χ1v) is 7.62. The summed E-state index contributed by atoms with van der Waals surface area (Å²) in [5.74, 6) is -0.284. The molecule has 0 saturated heterocycles. The molecule has 0 bridgehead atoms. The molecule has 2 aromatic heterocycles. The van der Waals surface area contributed by atoms with E-state index in [2.05, 4.69) is 20.0 Å².